The topological polar surface area (TPSA) is 75.4 Å². The lowest BCUT2D eigenvalue weighted by atomic mass is 10.0. The van der Waals surface area contributed by atoms with Crippen LogP contribution in [-0.2, 0) is 4.74 Å². The van der Waals surface area contributed by atoms with Crippen LogP contribution in [0.2, 0.25) is 0 Å². The first-order valence-electron chi connectivity index (χ1n) is 7.60. The lowest BCUT2D eigenvalue weighted by molar-refractivity contribution is -0.137. The third kappa shape index (κ3) is 5.01. The van der Waals surface area contributed by atoms with Crippen molar-refractivity contribution in [1.29, 1.82) is 5.26 Å². The number of halogens is 3. The summed E-state index contributed by atoms with van der Waals surface area (Å²) in [5.74, 6) is -3.30. The van der Waals surface area contributed by atoms with Crippen LogP contribution in [0.15, 0.2) is 16.9 Å². The predicted molar refractivity (Wildman–Crippen MR) is 88.4 cm³/mol. The largest absolute Gasteiger partial charge is 0.481 e. The fourth-order valence-electron chi connectivity index (χ4n) is 2.30. The maximum Gasteiger partial charge on any atom is 0.410 e. The van der Waals surface area contributed by atoms with E-state index < -0.39 is 30.3 Å². The zero-order valence-corrected chi connectivity index (χ0v) is 15.6. The van der Waals surface area contributed by atoms with Crippen molar-refractivity contribution in [3.63, 3.8) is 0 Å². The SMILES string of the molecule is CC(C)(C)OC(=O)N1CCC(Oc2cnc(Br)cc2C#N)C(F)(F)C1. The Morgan fingerprint density at radius 1 is 1.52 bits per heavy atom. The van der Waals surface area contributed by atoms with Crippen molar-refractivity contribution in [2.24, 2.45) is 0 Å². The number of pyridine rings is 1. The number of amides is 1. The van der Waals surface area contributed by atoms with Crippen LogP contribution in [0.5, 0.6) is 5.75 Å². The number of rotatable bonds is 2. The first-order chi connectivity index (χ1) is 11.5. The second-order valence-electron chi connectivity index (χ2n) is 6.67. The molecule has 25 heavy (non-hydrogen) atoms. The van der Waals surface area contributed by atoms with Gasteiger partial charge in [0.15, 0.2) is 11.9 Å². The van der Waals surface area contributed by atoms with Gasteiger partial charge in [0, 0.05) is 13.0 Å². The summed E-state index contributed by atoms with van der Waals surface area (Å²) >= 11 is 3.11. The Labute approximate surface area is 152 Å². The molecule has 2 heterocycles. The third-order valence-corrected chi connectivity index (χ3v) is 3.84. The summed E-state index contributed by atoms with van der Waals surface area (Å²) in [5.41, 5.74) is -0.655. The van der Waals surface area contributed by atoms with Crippen molar-refractivity contribution in [2.75, 3.05) is 13.1 Å². The molecule has 2 rings (SSSR count). The Morgan fingerprint density at radius 2 is 2.20 bits per heavy atom. The number of aromatic nitrogens is 1. The van der Waals surface area contributed by atoms with Gasteiger partial charge in [0.25, 0.3) is 0 Å². The minimum Gasteiger partial charge on any atom is -0.481 e. The molecule has 0 radical (unpaired) electrons. The number of piperidine rings is 1. The van der Waals surface area contributed by atoms with Gasteiger partial charge in [0.2, 0.25) is 0 Å². The van der Waals surface area contributed by atoms with Gasteiger partial charge >= 0.3 is 12.0 Å². The molecule has 6 nitrogen and oxygen atoms in total. The molecule has 1 fully saturated rings. The number of carbonyl (C=O) groups excluding carboxylic acids is 1. The Bertz CT molecular complexity index is 701. The number of hydrogen-bond acceptors (Lipinski definition) is 5. The monoisotopic (exact) mass is 417 g/mol. The summed E-state index contributed by atoms with van der Waals surface area (Å²) in [6.07, 6.45) is -1.11. The molecule has 1 aliphatic heterocycles. The van der Waals surface area contributed by atoms with Gasteiger partial charge < -0.3 is 14.4 Å². The molecule has 1 aliphatic rings. The molecule has 9 heteroatoms. The number of nitriles is 1. The normalized spacial score (nSPS) is 19.9. The minimum atomic E-state index is -3.28. The fourth-order valence-corrected chi connectivity index (χ4v) is 2.63. The molecule has 1 unspecified atom stereocenters. The van der Waals surface area contributed by atoms with Crippen molar-refractivity contribution in [2.45, 2.75) is 44.8 Å². The highest BCUT2D eigenvalue weighted by molar-refractivity contribution is 9.10. The van der Waals surface area contributed by atoms with Gasteiger partial charge in [-0.25, -0.2) is 18.6 Å². The van der Waals surface area contributed by atoms with E-state index >= 15 is 0 Å². The van der Waals surface area contributed by atoms with Crippen LogP contribution in [0.1, 0.15) is 32.8 Å². The zero-order valence-electron chi connectivity index (χ0n) is 14.1. The molecular weight excluding hydrogens is 400 g/mol. The van der Waals surface area contributed by atoms with E-state index in [0.717, 1.165) is 4.90 Å². The number of hydrogen-bond donors (Lipinski definition) is 0. The summed E-state index contributed by atoms with van der Waals surface area (Å²) < 4.78 is 39.7. The summed E-state index contributed by atoms with van der Waals surface area (Å²) in [5, 5.41) is 9.09. The van der Waals surface area contributed by atoms with Crippen molar-refractivity contribution in [3.05, 3.63) is 22.4 Å². The van der Waals surface area contributed by atoms with E-state index in [9.17, 15) is 13.6 Å². The lowest BCUT2D eigenvalue weighted by Crippen LogP contribution is -2.56. The summed E-state index contributed by atoms with van der Waals surface area (Å²) in [6, 6.07) is 3.27. The molecule has 1 atom stereocenters. The molecule has 0 bridgehead atoms. The van der Waals surface area contributed by atoms with Gasteiger partial charge in [0.1, 0.15) is 16.3 Å². The molecule has 0 saturated carbocycles. The highest BCUT2D eigenvalue weighted by Gasteiger charge is 2.48. The number of nitrogens with zero attached hydrogens (tertiary/aromatic N) is 3. The van der Waals surface area contributed by atoms with Crippen LogP contribution in [0.3, 0.4) is 0 Å². The second kappa shape index (κ2) is 7.12. The van der Waals surface area contributed by atoms with E-state index in [1.807, 2.05) is 6.07 Å². The molecule has 0 aliphatic carbocycles. The van der Waals surface area contributed by atoms with Crippen molar-refractivity contribution in [1.82, 2.24) is 9.88 Å². The zero-order chi connectivity index (χ0) is 18.8. The first kappa shape index (κ1) is 19.4. The Morgan fingerprint density at radius 3 is 2.76 bits per heavy atom. The van der Waals surface area contributed by atoms with E-state index in [4.69, 9.17) is 14.7 Å². The van der Waals surface area contributed by atoms with E-state index in [1.54, 1.807) is 20.8 Å². The first-order valence-corrected chi connectivity index (χ1v) is 8.39. The number of likely N-dealkylation sites (tertiary alicyclic amines) is 1. The maximum absolute atomic E-state index is 14.4. The Kier molecular flexibility index (Phi) is 5.52. The van der Waals surface area contributed by atoms with Gasteiger partial charge in [-0.2, -0.15) is 5.26 Å². The molecule has 1 aromatic rings. The maximum atomic E-state index is 14.4. The van der Waals surface area contributed by atoms with Crippen molar-refractivity contribution < 1.29 is 23.0 Å². The van der Waals surface area contributed by atoms with Crippen LogP contribution < -0.4 is 4.74 Å². The smallest absolute Gasteiger partial charge is 0.410 e. The third-order valence-electron chi connectivity index (χ3n) is 3.41. The van der Waals surface area contributed by atoms with E-state index in [1.165, 1.54) is 12.3 Å². The predicted octanol–water partition coefficient (Wildman–Crippen LogP) is 3.74. The second-order valence-corrected chi connectivity index (χ2v) is 7.49. The summed E-state index contributed by atoms with van der Waals surface area (Å²) in [4.78, 5) is 16.8. The highest BCUT2D eigenvalue weighted by atomic mass is 79.9. The van der Waals surface area contributed by atoms with E-state index in [2.05, 4.69) is 20.9 Å². The molecule has 0 aromatic carbocycles. The van der Waals surface area contributed by atoms with Crippen LogP contribution in [0, 0.1) is 11.3 Å². The fraction of sp³-hybridized carbons (Fsp3) is 0.562. The van der Waals surface area contributed by atoms with Gasteiger partial charge in [-0.15, -0.1) is 0 Å². The minimum absolute atomic E-state index is 0.0129. The highest BCUT2D eigenvalue weighted by Crippen LogP contribution is 2.33. The van der Waals surface area contributed by atoms with Crippen LogP contribution >= 0.6 is 15.9 Å². The average molecular weight is 418 g/mol. The quantitative estimate of drug-likeness (QED) is 0.685. The van der Waals surface area contributed by atoms with E-state index in [0.29, 0.717) is 4.60 Å². The molecule has 0 N–H and O–H groups in total. The molecule has 1 aromatic heterocycles. The Balaban J connectivity index is 2.09. The van der Waals surface area contributed by atoms with Gasteiger partial charge in [-0.1, -0.05) is 0 Å². The molecule has 1 amide bonds. The van der Waals surface area contributed by atoms with Crippen LogP contribution in [0.25, 0.3) is 0 Å². The molecule has 1 saturated heterocycles. The van der Waals surface area contributed by atoms with Gasteiger partial charge in [-0.05, 0) is 42.8 Å². The molecular formula is C16H18BrF2N3O3. The van der Waals surface area contributed by atoms with Crippen molar-refractivity contribution >= 4 is 22.0 Å². The average Bonchev–Trinajstić information content (AvgIpc) is 2.48. The van der Waals surface area contributed by atoms with E-state index in [-0.39, 0.29) is 24.3 Å². The van der Waals surface area contributed by atoms with Gasteiger partial charge in [-0.3, -0.25) is 0 Å². The molecule has 136 valence electrons. The Hall–Kier alpha value is -1.95. The van der Waals surface area contributed by atoms with Crippen LogP contribution in [0.4, 0.5) is 13.6 Å². The standard InChI is InChI=1S/C16H18BrF2N3O3/c1-15(2,3)25-14(23)22-5-4-12(16(18,19)9-22)24-11-8-21-13(17)6-10(11)7-20/h6,8,12H,4-5,9H2,1-3H3. The van der Waals surface area contributed by atoms with Crippen molar-refractivity contribution in [3.8, 4) is 11.8 Å². The van der Waals surface area contributed by atoms with Crippen LogP contribution in [-0.4, -0.2) is 46.7 Å². The lowest BCUT2D eigenvalue weighted by Gasteiger charge is -2.38. The number of alkyl halides is 2. The summed E-state index contributed by atoms with van der Waals surface area (Å²) in [6.45, 7) is 4.27. The van der Waals surface area contributed by atoms with Gasteiger partial charge in [0.05, 0.1) is 18.3 Å². The molecule has 0 spiro atoms. The number of ether oxygens (including phenoxy) is 2. The summed E-state index contributed by atoms with van der Waals surface area (Å²) in [7, 11) is 0. The number of carbonyl (C=O) groups is 1.